The van der Waals surface area contributed by atoms with Crippen LogP contribution in [0.25, 0.3) is 72.8 Å². The molecule has 0 amide bonds. The van der Waals surface area contributed by atoms with E-state index in [1.807, 2.05) is 36.4 Å². The lowest BCUT2D eigenvalue weighted by molar-refractivity contribution is 0.661. The first-order valence-corrected chi connectivity index (χ1v) is 15.7. The zero-order chi connectivity index (χ0) is 30.8. The van der Waals surface area contributed by atoms with E-state index in [2.05, 4.69) is 128 Å². The predicted octanol–water partition coefficient (Wildman–Crippen LogP) is 10.3. The topological polar surface area (TPSA) is 43.6 Å². The molecule has 0 aliphatic heterocycles. The van der Waals surface area contributed by atoms with Gasteiger partial charge in [0.2, 0.25) is 5.95 Å². The standard InChI is InChI=1S/C42H30N4/c1-42(2)35-21-13-12-20-31(35)33-25-34-32-23-22-30(27-14-6-3-7-15-27)24-37(32)46(38(34)26-36(33)42)41-44-39(28-16-8-4-9-17-28)43-40(45-41)29-18-10-5-11-19-29/h3-26H,1-2H3. The first kappa shape index (κ1) is 26.5. The average molecular weight is 591 g/mol. The summed E-state index contributed by atoms with van der Waals surface area (Å²) in [5, 5.41) is 2.35. The Morgan fingerprint density at radius 3 is 1.65 bits per heavy atom. The van der Waals surface area contributed by atoms with Crippen molar-refractivity contribution in [3.8, 4) is 51.0 Å². The maximum Gasteiger partial charge on any atom is 0.238 e. The van der Waals surface area contributed by atoms with Crippen LogP contribution in [0, 0.1) is 0 Å². The van der Waals surface area contributed by atoms with E-state index >= 15 is 0 Å². The van der Waals surface area contributed by atoms with Gasteiger partial charge in [0.05, 0.1) is 11.0 Å². The molecule has 4 heteroatoms. The number of hydrogen-bond acceptors (Lipinski definition) is 3. The van der Waals surface area contributed by atoms with Crippen molar-refractivity contribution in [2.75, 3.05) is 0 Å². The van der Waals surface area contributed by atoms with E-state index < -0.39 is 0 Å². The van der Waals surface area contributed by atoms with Gasteiger partial charge in [0.1, 0.15) is 0 Å². The van der Waals surface area contributed by atoms with Crippen LogP contribution < -0.4 is 0 Å². The molecule has 0 atom stereocenters. The normalized spacial score (nSPS) is 13.2. The Morgan fingerprint density at radius 1 is 0.435 bits per heavy atom. The fourth-order valence-electron chi connectivity index (χ4n) is 7.13. The van der Waals surface area contributed by atoms with Gasteiger partial charge in [-0.25, -0.2) is 4.98 Å². The van der Waals surface area contributed by atoms with Gasteiger partial charge in [-0.3, -0.25) is 4.57 Å². The largest absolute Gasteiger partial charge is 0.278 e. The molecule has 0 unspecified atom stereocenters. The maximum atomic E-state index is 5.18. The number of aromatic nitrogens is 4. The fraction of sp³-hybridized carbons (Fsp3) is 0.0714. The molecule has 0 bridgehead atoms. The van der Waals surface area contributed by atoms with Crippen molar-refractivity contribution in [1.82, 2.24) is 19.5 Å². The number of nitrogens with zero attached hydrogens (tertiary/aromatic N) is 4. The van der Waals surface area contributed by atoms with Crippen LogP contribution in [0.3, 0.4) is 0 Å². The van der Waals surface area contributed by atoms with Gasteiger partial charge in [-0.2, -0.15) is 9.97 Å². The van der Waals surface area contributed by atoms with Crippen molar-refractivity contribution >= 4 is 21.8 Å². The zero-order valence-electron chi connectivity index (χ0n) is 25.6. The van der Waals surface area contributed by atoms with Gasteiger partial charge >= 0.3 is 0 Å². The third-order valence-corrected chi connectivity index (χ3v) is 9.46. The summed E-state index contributed by atoms with van der Waals surface area (Å²) in [6.07, 6.45) is 0. The average Bonchev–Trinajstić information content (AvgIpc) is 3.56. The van der Waals surface area contributed by atoms with Gasteiger partial charge in [0.15, 0.2) is 11.6 Å². The van der Waals surface area contributed by atoms with E-state index in [4.69, 9.17) is 15.0 Å². The van der Waals surface area contributed by atoms with Crippen LogP contribution >= 0.6 is 0 Å². The molecule has 0 saturated heterocycles. The van der Waals surface area contributed by atoms with Crippen LogP contribution in [0.5, 0.6) is 0 Å². The second kappa shape index (κ2) is 10.1. The SMILES string of the molecule is CC1(C)c2ccccc2-c2cc3c4ccc(-c5ccccc5)cc4n(-c4nc(-c5ccccc5)nc(-c5ccccc5)n4)c3cc21. The monoisotopic (exact) mass is 590 g/mol. The van der Waals surface area contributed by atoms with Gasteiger partial charge in [0, 0.05) is 27.3 Å². The Morgan fingerprint density at radius 2 is 1.00 bits per heavy atom. The van der Waals surface area contributed by atoms with Crippen molar-refractivity contribution in [3.63, 3.8) is 0 Å². The van der Waals surface area contributed by atoms with E-state index in [0.717, 1.165) is 27.7 Å². The van der Waals surface area contributed by atoms with Crippen molar-refractivity contribution in [1.29, 1.82) is 0 Å². The van der Waals surface area contributed by atoms with Crippen molar-refractivity contribution in [2.24, 2.45) is 0 Å². The van der Waals surface area contributed by atoms with Gasteiger partial charge in [-0.1, -0.05) is 141 Å². The quantitative estimate of drug-likeness (QED) is 0.205. The molecule has 0 N–H and O–H groups in total. The Balaban J connectivity index is 1.39. The van der Waals surface area contributed by atoms with Gasteiger partial charge in [-0.15, -0.1) is 0 Å². The van der Waals surface area contributed by atoms with E-state index in [-0.39, 0.29) is 5.41 Å². The lowest BCUT2D eigenvalue weighted by Crippen LogP contribution is -2.15. The van der Waals surface area contributed by atoms with E-state index in [1.165, 1.54) is 38.6 Å². The van der Waals surface area contributed by atoms with Crippen LogP contribution in [-0.4, -0.2) is 19.5 Å². The van der Waals surface area contributed by atoms with Crippen molar-refractivity contribution in [2.45, 2.75) is 19.3 Å². The van der Waals surface area contributed by atoms with Crippen molar-refractivity contribution < 1.29 is 0 Å². The van der Waals surface area contributed by atoms with Crippen LogP contribution in [0.2, 0.25) is 0 Å². The third kappa shape index (κ3) is 4.04. The highest BCUT2D eigenvalue weighted by atomic mass is 15.2. The minimum atomic E-state index is -0.139. The Labute approximate surface area is 267 Å². The van der Waals surface area contributed by atoms with E-state index in [1.54, 1.807) is 0 Å². The molecule has 218 valence electrons. The van der Waals surface area contributed by atoms with Crippen LogP contribution in [0.1, 0.15) is 25.0 Å². The molecule has 8 aromatic rings. The molecule has 0 saturated carbocycles. The molecule has 0 spiro atoms. The highest BCUT2D eigenvalue weighted by Gasteiger charge is 2.36. The molecule has 1 aliphatic rings. The molecule has 6 aromatic carbocycles. The minimum absolute atomic E-state index is 0.139. The fourth-order valence-corrected chi connectivity index (χ4v) is 7.13. The Hall–Kier alpha value is -5.87. The lowest BCUT2D eigenvalue weighted by atomic mass is 9.82. The number of hydrogen-bond donors (Lipinski definition) is 0. The molecule has 0 fully saturated rings. The summed E-state index contributed by atoms with van der Waals surface area (Å²) in [6.45, 7) is 4.65. The van der Waals surface area contributed by atoms with Gasteiger partial charge < -0.3 is 0 Å². The Bertz CT molecular complexity index is 2370. The van der Waals surface area contributed by atoms with E-state index in [9.17, 15) is 0 Å². The van der Waals surface area contributed by atoms with Crippen LogP contribution in [-0.2, 0) is 5.41 Å². The van der Waals surface area contributed by atoms with Crippen LogP contribution in [0.15, 0.2) is 146 Å². The van der Waals surface area contributed by atoms with Gasteiger partial charge in [-0.05, 0) is 51.6 Å². The van der Waals surface area contributed by atoms with Gasteiger partial charge in [0.25, 0.3) is 0 Å². The molecule has 2 heterocycles. The van der Waals surface area contributed by atoms with Crippen molar-refractivity contribution in [3.05, 3.63) is 157 Å². The highest BCUT2D eigenvalue weighted by molar-refractivity contribution is 6.12. The Kier molecular flexibility index (Phi) is 5.81. The lowest BCUT2D eigenvalue weighted by Gasteiger charge is -2.21. The summed E-state index contributed by atoms with van der Waals surface area (Å²) in [4.78, 5) is 15.4. The number of rotatable bonds is 4. The predicted molar refractivity (Wildman–Crippen MR) is 188 cm³/mol. The second-order valence-corrected chi connectivity index (χ2v) is 12.5. The molecule has 2 aromatic heterocycles. The molecule has 9 rings (SSSR count). The van der Waals surface area contributed by atoms with E-state index in [0.29, 0.717) is 17.6 Å². The highest BCUT2D eigenvalue weighted by Crippen LogP contribution is 2.51. The summed E-state index contributed by atoms with van der Waals surface area (Å²) < 4.78 is 2.25. The minimum Gasteiger partial charge on any atom is -0.278 e. The summed E-state index contributed by atoms with van der Waals surface area (Å²) in [7, 11) is 0. The molecule has 0 radical (unpaired) electrons. The molecular weight excluding hydrogens is 560 g/mol. The molecule has 4 nitrogen and oxygen atoms in total. The first-order chi connectivity index (χ1) is 22.6. The second-order valence-electron chi connectivity index (χ2n) is 12.5. The number of benzene rings is 6. The first-order valence-electron chi connectivity index (χ1n) is 15.7. The zero-order valence-corrected chi connectivity index (χ0v) is 25.6. The van der Waals surface area contributed by atoms with Crippen LogP contribution in [0.4, 0.5) is 0 Å². The summed E-state index contributed by atoms with van der Waals surface area (Å²) in [6, 6.07) is 51.2. The summed E-state index contributed by atoms with van der Waals surface area (Å²) in [5.74, 6) is 1.89. The molecule has 46 heavy (non-hydrogen) atoms. The molecular formula is C42H30N4. The smallest absolute Gasteiger partial charge is 0.238 e. The number of fused-ring (bicyclic) bond motifs is 6. The maximum absolute atomic E-state index is 5.18. The molecule has 1 aliphatic carbocycles. The third-order valence-electron chi connectivity index (χ3n) is 9.46. The summed E-state index contributed by atoms with van der Waals surface area (Å²) in [5.41, 5.74) is 11.5. The summed E-state index contributed by atoms with van der Waals surface area (Å²) >= 11 is 0.